The zero-order valence-corrected chi connectivity index (χ0v) is 16.1. The van der Waals surface area contributed by atoms with E-state index in [0.717, 1.165) is 5.56 Å². The molecule has 2 aromatic rings. The molecule has 0 aromatic heterocycles. The van der Waals surface area contributed by atoms with E-state index in [0.29, 0.717) is 27.8 Å². The number of nitriles is 1. The van der Waals surface area contributed by atoms with Crippen LogP contribution in [0.15, 0.2) is 48.5 Å². The normalized spacial score (nSPS) is 18.6. The molecule has 3 rings (SSSR count). The zero-order chi connectivity index (χ0) is 18.8. The number of hydrogen-bond donors (Lipinski definition) is 0. The van der Waals surface area contributed by atoms with Gasteiger partial charge in [-0.2, -0.15) is 5.26 Å². The minimum absolute atomic E-state index is 0.00434. The molecule has 1 heterocycles. The van der Waals surface area contributed by atoms with Gasteiger partial charge in [0.05, 0.1) is 22.3 Å². The number of rotatable bonds is 3. The highest BCUT2D eigenvalue weighted by Crippen LogP contribution is 2.33. The number of hydrogen-bond acceptors (Lipinski definition) is 3. The average molecular weight is 384 g/mol. The van der Waals surface area contributed by atoms with Gasteiger partial charge in [0, 0.05) is 12.5 Å². The first kappa shape index (κ1) is 18.4. The molecule has 26 heavy (non-hydrogen) atoms. The fourth-order valence-corrected chi connectivity index (χ4v) is 4.04. The number of carbonyl (C=O) groups is 1. The summed E-state index contributed by atoms with van der Waals surface area (Å²) < 4.78 is 0. The fourth-order valence-electron chi connectivity index (χ4n) is 3.28. The lowest BCUT2D eigenvalue weighted by molar-refractivity contribution is -0.119. The second-order valence-electron chi connectivity index (χ2n) is 6.33. The summed E-state index contributed by atoms with van der Waals surface area (Å²) in [6.07, 6.45) is 0.356. The van der Waals surface area contributed by atoms with Crippen molar-refractivity contribution >= 4 is 40.5 Å². The van der Waals surface area contributed by atoms with Crippen molar-refractivity contribution in [2.45, 2.75) is 32.4 Å². The van der Waals surface area contributed by atoms with Gasteiger partial charge in [0.2, 0.25) is 5.91 Å². The van der Waals surface area contributed by atoms with Crippen LogP contribution in [0.2, 0.25) is 5.02 Å². The molecule has 0 N–H and O–H groups in total. The minimum Gasteiger partial charge on any atom is -0.339 e. The second kappa shape index (κ2) is 7.45. The van der Waals surface area contributed by atoms with Crippen molar-refractivity contribution in [3.8, 4) is 6.07 Å². The van der Waals surface area contributed by atoms with E-state index in [1.165, 1.54) is 4.90 Å². The molecule has 6 heteroatoms. The SMILES string of the molecule is C[C@H]1CC(=O)N(c2ccc(C#N)c(Cl)c2)C(=S)N1[C@@H](C)c1ccccc1. The molecule has 4 nitrogen and oxygen atoms in total. The Bertz CT molecular complexity index is 894. The molecule has 0 aliphatic carbocycles. The van der Waals surface area contributed by atoms with Crippen LogP contribution in [-0.2, 0) is 4.79 Å². The summed E-state index contributed by atoms with van der Waals surface area (Å²) in [5.74, 6) is -0.0696. The van der Waals surface area contributed by atoms with E-state index >= 15 is 0 Å². The van der Waals surface area contributed by atoms with Gasteiger partial charge < -0.3 is 4.90 Å². The predicted molar refractivity (Wildman–Crippen MR) is 107 cm³/mol. The number of halogens is 1. The highest BCUT2D eigenvalue weighted by atomic mass is 35.5. The number of thiocarbonyl (C=S) groups is 1. The molecule has 0 bridgehead atoms. The van der Waals surface area contributed by atoms with Gasteiger partial charge in [-0.25, -0.2) is 0 Å². The lowest BCUT2D eigenvalue weighted by atomic mass is 10.0. The summed E-state index contributed by atoms with van der Waals surface area (Å²) in [6.45, 7) is 4.09. The Kier molecular flexibility index (Phi) is 5.26. The molecule has 2 atom stereocenters. The standard InChI is InChI=1S/C20H18ClN3OS/c1-13-10-19(25)24(17-9-8-16(12-22)18(21)11-17)20(26)23(13)14(2)15-6-4-3-5-7-15/h3-9,11,13-14H,10H2,1-2H3/t13-,14-/m0/s1. The molecule has 0 radical (unpaired) electrons. The van der Waals surface area contributed by atoms with Crippen molar-refractivity contribution in [1.82, 2.24) is 4.90 Å². The summed E-state index contributed by atoms with van der Waals surface area (Å²) in [4.78, 5) is 16.3. The molecule has 1 fully saturated rings. The molecule has 1 saturated heterocycles. The number of anilines is 1. The van der Waals surface area contributed by atoms with Crippen molar-refractivity contribution in [2.75, 3.05) is 4.90 Å². The van der Waals surface area contributed by atoms with Crippen LogP contribution in [0.5, 0.6) is 0 Å². The topological polar surface area (TPSA) is 47.3 Å². The molecule has 132 valence electrons. The molecule has 0 spiro atoms. The summed E-state index contributed by atoms with van der Waals surface area (Å²) in [7, 11) is 0. The van der Waals surface area contributed by atoms with E-state index in [1.54, 1.807) is 18.2 Å². The molecule has 2 aromatic carbocycles. The van der Waals surface area contributed by atoms with E-state index in [9.17, 15) is 4.79 Å². The highest BCUT2D eigenvalue weighted by molar-refractivity contribution is 7.80. The lowest BCUT2D eigenvalue weighted by Crippen LogP contribution is -2.56. The fraction of sp³-hybridized carbons (Fsp3) is 0.250. The van der Waals surface area contributed by atoms with Gasteiger partial charge in [0.15, 0.2) is 5.11 Å². The Morgan fingerprint density at radius 3 is 2.58 bits per heavy atom. The quantitative estimate of drug-likeness (QED) is 0.721. The van der Waals surface area contributed by atoms with Gasteiger partial charge in [0.25, 0.3) is 0 Å². The van der Waals surface area contributed by atoms with Gasteiger partial charge >= 0.3 is 0 Å². The smallest absolute Gasteiger partial charge is 0.235 e. The summed E-state index contributed by atoms with van der Waals surface area (Å²) in [5, 5.41) is 9.81. The predicted octanol–water partition coefficient (Wildman–Crippen LogP) is 4.68. The molecular formula is C20H18ClN3OS. The first-order chi connectivity index (χ1) is 12.4. The van der Waals surface area contributed by atoms with Crippen LogP contribution >= 0.6 is 23.8 Å². The number of carbonyl (C=O) groups excluding carboxylic acids is 1. The largest absolute Gasteiger partial charge is 0.339 e. The molecule has 1 amide bonds. The van der Waals surface area contributed by atoms with Gasteiger partial charge in [-0.15, -0.1) is 0 Å². The van der Waals surface area contributed by atoms with Gasteiger partial charge in [-0.1, -0.05) is 41.9 Å². The summed E-state index contributed by atoms with van der Waals surface area (Å²) in [6, 6.07) is 17.1. The molecule has 1 aliphatic rings. The number of benzene rings is 2. The number of nitrogens with zero attached hydrogens (tertiary/aromatic N) is 3. The van der Waals surface area contributed by atoms with Gasteiger partial charge in [-0.05, 0) is 49.8 Å². The van der Waals surface area contributed by atoms with Crippen LogP contribution < -0.4 is 4.90 Å². The maximum absolute atomic E-state index is 12.7. The van der Waals surface area contributed by atoms with E-state index in [4.69, 9.17) is 29.1 Å². The van der Waals surface area contributed by atoms with Crippen molar-refractivity contribution in [3.05, 3.63) is 64.7 Å². The Morgan fingerprint density at radius 1 is 1.27 bits per heavy atom. The Labute approximate surface area is 163 Å². The van der Waals surface area contributed by atoms with Gasteiger partial charge in [-0.3, -0.25) is 9.69 Å². The third-order valence-corrected chi connectivity index (χ3v) is 5.34. The zero-order valence-electron chi connectivity index (χ0n) is 14.5. The molecular weight excluding hydrogens is 366 g/mol. The van der Waals surface area contributed by atoms with Crippen LogP contribution in [0.4, 0.5) is 5.69 Å². The van der Waals surface area contributed by atoms with Crippen LogP contribution in [0.1, 0.15) is 37.4 Å². The van der Waals surface area contributed by atoms with Crippen molar-refractivity contribution in [2.24, 2.45) is 0 Å². The first-order valence-corrected chi connectivity index (χ1v) is 9.12. The molecule has 0 saturated carbocycles. The second-order valence-corrected chi connectivity index (χ2v) is 7.11. The molecule has 0 unspecified atom stereocenters. The highest BCUT2D eigenvalue weighted by Gasteiger charge is 2.37. The Hall–Kier alpha value is -2.42. The minimum atomic E-state index is -0.0696. The maximum Gasteiger partial charge on any atom is 0.235 e. The Balaban J connectivity index is 1.97. The monoisotopic (exact) mass is 383 g/mol. The van der Waals surface area contributed by atoms with Crippen molar-refractivity contribution < 1.29 is 4.79 Å². The van der Waals surface area contributed by atoms with Crippen LogP contribution in [0.25, 0.3) is 0 Å². The number of amides is 1. The van der Waals surface area contributed by atoms with E-state index in [1.807, 2.05) is 31.2 Å². The van der Waals surface area contributed by atoms with E-state index in [2.05, 4.69) is 24.0 Å². The third-order valence-electron chi connectivity index (χ3n) is 4.64. The third kappa shape index (κ3) is 3.31. The van der Waals surface area contributed by atoms with Crippen LogP contribution in [0.3, 0.4) is 0 Å². The summed E-state index contributed by atoms with van der Waals surface area (Å²) in [5.41, 5.74) is 2.09. The van der Waals surface area contributed by atoms with Crippen molar-refractivity contribution in [1.29, 1.82) is 5.26 Å². The molecule has 1 aliphatic heterocycles. The van der Waals surface area contributed by atoms with E-state index < -0.39 is 0 Å². The Morgan fingerprint density at radius 2 is 1.96 bits per heavy atom. The van der Waals surface area contributed by atoms with Gasteiger partial charge in [0.1, 0.15) is 6.07 Å². The van der Waals surface area contributed by atoms with E-state index in [-0.39, 0.29) is 18.0 Å². The van der Waals surface area contributed by atoms with Crippen LogP contribution in [-0.4, -0.2) is 22.0 Å². The maximum atomic E-state index is 12.7. The summed E-state index contributed by atoms with van der Waals surface area (Å²) >= 11 is 11.8. The average Bonchev–Trinajstić information content (AvgIpc) is 2.62. The van der Waals surface area contributed by atoms with Crippen molar-refractivity contribution in [3.63, 3.8) is 0 Å². The van der Waals surface area contributed by atoms with Crippen LogP contribution in [0, 0.1) is 11.3 Å². The lowest BCUT2D eigenvalue weighted by Gasteiger charge is -2.44. The first-order valence-electron chi connectivity index (χ1n) is 8.34.